The topological polar surface area (TPSA) is 84.5 Å². The van der Waals surface area contributed by atoms with Gasteiger partial charge < -0.3 is 10.1 Å². The first-order chi connectivity index (χ1) is 14.2. The van der Waals surface area contributed by atoms with Crippen LogP contribution in [0.3, 0.4) is 0 Å². The number of aryl methyl sites for hydroxylation is 3. The fourth-order valence-electron chi connectivity index (χ4n) is 3.10. The van der Waals surface area contributed by atoms with Crippen molar-refractivity contribution in [1.29, 1.82) is 0 Å². The molecular weight excluding hydrogens is 400 g/mol. The normalized spacial score (nSPS) is 11.1. The number of ether oxygens (including phenoxy) is 1. The molecule has 0 aliphatic carbocycles. The van der Waals surface area contributed by atoms with Crippen molar-refractivity contribution >= 4 is 27.3 Å². The summed E-state index contributed by atoms with van der Waals surface area (Å²) in [5, 5.41) is 2.74. The molecule has 30 heavy (non-hydrogen) atoms. The quantitative estimate of drug-likeness (QED) is 0.602. The molecule has 0 fully saturated rings. The van der Waals surface area contributed by atoms with E-state index in [1.54, 1.807) is 24.3 Å². The van der Waals surface area contributed by atoms with Crippen LogP contribution in [-0.4, -0.2) is 21.4 Å². The summed E-state index contributed by atoms with van der Waals surface area (Å²) in [6.45, 7) is 5.73. The van der Waals surface area contributed by atoms with Gasteiger partial charge in [0.1, 0.15) is 5.75 Å². The second-order valence-corrected chi connectivity index (χ2v) is 8.85. The first-order valence-electron chi connectivity index (χ1n) is 9.35. The third kappa shape index (κ3) is 4.99. The molecule has 0 unspecified atom stereocenters. The molecule has 0 saturated carbocycles. The highest BCUT2D eigenvalue weighted by atomic mass is 32.2. The fraction of sp³-hybridized carbons (Fsp3) is 0.174. The molecule has 3 aromatic carbocycles. The Morgan fingerprint density at radius 2 is 1.47 bits per heavy atom. The van der Waals surface area contributed by atoms with Crippen LogP contribution in [0.2, 0.25) is 0 Å². The molecule has 7 heteroatoms. The zero-order valence-corrected chi connectivity index (χ0v) is 18.1. The molecule has 156 valence electrons. The molecule has 0 spiro atoms. The lowest BCUT2D eigenvalue weighted by molar-refractivity contribution is 0.102. The van der Waals surface area contributed by atoms with Crippen LogP contribution < -0.4 is 14.8 Å². The highest BCUT2D eigenvalue weighted by Crippen LogP contribution is 2.29. The molecule has 0 aliphatic heterocycles. The van der Waals surface area contributed by atoms with E-state index in [0.29, 0.717) is 17.0 Å². The van der Waals surface area contributed by atoms with Gasteiger partial charge in [-0.25, -0.2) is 8.42 Å². The summed E-state index contributed by atoms with van der Waals surface area (Å²) in [7, 11) is -2.40. The van der Waals surface area contributed by atoms with Gasteiger partial charge in [-0.05, 0) is 74.4 Å². The summed E-state index contributed by atoms with van der Waals surface area (Å²) in [6, 6.07) is 16.9. The van der Waals surface area contributed by atoms with Crippen LogP contribution in [0, 0.1) is 20.8 Å². The minimum Gasteiger partial charge on any atom is -0.495 e. The van der Waals surface area contributed by atoms with E-state index in [1.165, 1.54) is 25.3 Å². The third-order valence-electron chi connectivity index (χ3n) is 4.52. The number of carbonyl (C=O) groups is 1. The number of benzene rings is 3. The van der Waals surface area contributed by atoms with E-state index in [4.69, 9.17) is 4.74 Å². The highest BCUT2D eigenvalue weighted by Gasteiger charge is 2.18. The fourth-order valence-corrected chi connectivity index (χ4v) is 4.17. The number of methoxy groups -OCH3 is 1. The number of hydrogen-bond donors (Lipinski definition) is 2. The average Bonchev–Trinajstić information content (AvgIpc) is 2.67. The second kappa shape index (κ2) is 8.59. The SMILES string of the molecule is COc1ccc(S(=O)(=O)Nc2cc(C)cc(C)c2)cc1NC(=O)c1ccc(C)cc1. The van der Waals surface area contributed by atoms with Gasteiger partial charge in [0, 0.05) is 11.3 Å². The van der Waals surface area contributed by atoms with Crippen LogP contribution in [0.5, 0.6) is 5.75 Å². The molecule has 0 atom stereocenters. The van der Waals surface area contributed by atoms with E-state index in [1.807, 2.05) is 39.0 Å². The number of nitrogens with one attached hydrogen (secondary N) is 2. The average molecular weight is 425 g/mol. The lowest BCUT2D eigenvalue weighted by atomic mass is 10.1. The van der Waals surface area contributed by atoms with Gasteiger partial charge in [0.25, 0.3) is 15.9 Å². The summed E-state index contributed by atoms with van der Waals surface area (Å²) in [5.74, 6) is 0.00549. The van der Waals surface area contributed by atoms with Gasteiger partial charge in [0.2, 0.25) is 0 Å². The largest absolute Gasteiger partial charge is 0.495 e. The zero-order valence-electron chi connectivity index (χ0n) is 17.3. The molecule has 3 aromatic rings. The molecule has 0 radical (unpaired) electrons. The molecule has 0 bridgehead atoms. The van der Waals surface area contributed by atoms with E-state index < -0.39 is 10.0 Å². The molecule has 0 heterocycles. The molecule has 0 saturated heterocycles. The third-order valence-corrected chi connectivity index (χ3v) is 5.90. The van der Waals surface area contributed by atoms with E-state index >= 15 is 0 Å². The maximum Gasteiger partial charge on any atom is 0.261 e. The Balaban J connectivity index is 1.90. The maximum atomic E-state index is 12.9. The molecular formula is C23H24N2O4S. The van der Waals surface area contributed by atoms with Gasteiger partial charge in [-0.2, -0.15) is 0 Å². The van der Waals surface area contributed by atoms with Crippen molar-refractivity contribution in [2.75, 3.05) is 17.1 Å². The summed E-state index contributed by atoms with van der Waals surface area (Å²) < 4.78 is 33.7. The smallest absolute Gasteiger partial charge is 0.261 e. The summed E-state index contributed by atoms with van der Waals surface area (Å²) >= 11 is 0. The first-order valence-corrected chi connectivity index (χ1v) is 10.8. The molecule has 0 aromatic heterocycles. The maximum absolute atomic E-state index is 12.9. The van der Waals surface area contributed by atoms with Crippen molar-refractivity contribution < 1.29 is 17.9 Å². The minimum atomic E-state index is -3.86. The number of carbonyl (C=O) groups excluding carboxylic acids is 1. The predicted molar refractivity (Wildman–Crippen MR) is 119 cm³/mol. The molecule has 1 amide bonds. The van der Waals surface area contributed by atoms with Crippen molar-refractivity contribution in [2.24, 2.45) is 0 Å². The van der Waals surface area contributed by atoms with Gasteiger partial charge in [-0.15, -0.1) is 0 Å². The number of sulfonamides is 1. The van der Waals surface area contributed by atoms with Crippen LogP contribution in [0.1, 0.15) is 27.0 Å². The Kier molecular flexibility index (Phi) is 6.12. The summed E-state index contributed by atoms with van der Waals surface area (Å²) in [6.07, 6.45) is 0. The van der Waals surface area contributed by atoms with Gasteiger partial charge >= 0.3 is 0 Å². The molecule has 6 nitrogen and oxygen atoms in total. The molecule has 2 N–H and O–H groups in total. The van der Waals surface area contributed by atoms with Crippen molar-refractivity contribution in [2.45, 2.75) is 25.7 Å². The van der Waals surface area contributed by atoms with E-state index in [0.717, 1.165) is 16.7 Å². The van der Waals surface area contributed by atoms with Gasteiger partial charge in [-0.1, -0.05) is 23.8 Å². The number of amides is 1. The Hall–Kier alpha value is -3.32. The Labute approximate surface area is 177 Å². The van der Waals surface area contributed by atoms with Crippen molar-refractivity contribution in [3.8, 4) is 5.75 Å². The van der Waals surface area contributed by atoms with Crippen LogP contribution in [-0.2, 0) is 10.0 Å². The Morgan fingerprint density at radius 1 is 0.833 bits per heavy atom. The van der Waals surface area contributed by atoms with Crippen molar-refractivity contribution in [1.82, 2.24) is 0 Å². The highest BCUT2D eigenvalue weighted by molar-refractivity contribution is 7.92. The van der Waals surface area contributed by atoms with Crippen molar-refractivity contribution in [3.05, 3.63) is 82.9 Å². The van der Waals surface area contributed by atoms with Gasteiger partial charge in [0.15, 0.2) is 0 Å². The Morgan fingerprint density at radius 3 is 2.07 bits per heavy atom. The summed E-state index contributed by atoms with van der Waals surface area (Å²) in [4.78, 5) is 12.6. The zero-order chi connectivity index (χ0) is 21.9. The second-order valence-electron chi connectivity index (χ2n) is 7.16. The molecule has 3 rings (SSSR count). The number of hydrogen-bond acceptors (Lipinski definition) is 4. The lowest BCUT2D eigenvalue weighted by Gasteiger charge is -2.14. The minimum absolute atomic E-state index is 0.0154. The number of anilines is 2. The van der Waals surface area contributed by atoms with Crippen LogP contribution >= 0.6 is 0 Å². The summed E-state index contributed by atoms with van der Waals surface area (Å²) in [5.41, 5.74) is 4.15. The standard InChI is InChI=1S/C23H24N2O4S/c1-15-5-7-18(8-6-15)23(26)24-21-14-20(9-10-22(21)29-4)30(27,28)25-19-12-16(2)11-17(3)13-19/h5-14,25H,1-4H3,(H,24,26). The Bertz CT molecular complexity index is 1170. The van der Waals surface area contributed by atoms with Crippen LogP contribution in [0.25, 0.3) is 0 Å². The van der Waals surface area contributed by atoms with Crippen LogP contribution in [0.4, 0.5) is 11.4 Å². The van der Waals surface area contributed by atoms with E-state index in [-0.39, 0.29) is 16.5 Å². The van der Waals surface area contributed by atoms with E-state index in [9.17, 15) is 13.2 Å². The van der Waals surface area contributed by atoms with Gasteiger partial charge in [-0.3, -0.25) is 9.52 Å². The monoisotopic (exact) mass is 424 g/mol. The first kappa shape index (κ1) is 21.4. The van der Waals surface area contributed by atoms with Gasteiger partial charge in [0.05, 0.1) is 17.7 Å². The predicted octanol–water partition coefficient (Wildman–Crippen LogP) is 4.67. The van der Waals surface area contributed by atoms with Crippen LogP contribution in [0.15, 0.2) is 65.6 Å². The lowest BCUT2D eigenvalue weighted by Crippen LogP contribution is -2.16. The van der Waals surface area contributed by atoms with Crippen molar-refractivity contribution in [3.63, 3.8) is 0 Å². The molecule has 0 aliphatic rings. The number of rotatable bonds is 6. The van der Waals surface area contributed by atoms with E-state index in [2.05, 4.69) is 10.0 Å².